The van der Waals surface area contributed by atoms with Crippen molar-refractivity contribution in [2.45, 2.75) is 31.8 Å². The summed E-state index contributed by atoms with van der Waals surface area (Å²) in [5.41, 5.74) is 3.27. The lowest BCUT2D eigenvalue weighted by Crippen LogP contribution is -2.53. The Hall–Kier alpha value is -3.04. The molecule has 0 atom stereocenters. The zero-order valence-electron chi connectivity index (χ0n) is 17.9. The Balaban J connectivity index is 1.24. The number of piperidine rings is 1. The molecule has 0 radical (unpaired) electrons. The normalized spacial score (nSPS) is 17.8. The Kier molecular flexibility index (Phi) is 5.75. The molecule has 2 aliphatic heterocycles. The smallest absolute Gasteiger partial charge is 0.246 e. The van der Waals surface area contributed by atoms with Gasteiger partial charge in [-0.05, 0) is 55.7 Å². The third kappa shape index (κ3) is 4.73. The van der Waals surface area contributed by atoms with Crippen molar-refractivity contribution < 1.29 is 13.5 Å². The van der Waals surface area contributed by atoms with Gasteiger partial charge in [-0.1, -0.05) is 0 Å². The van der Waals surface area contributed by atoms with Gasteiger partial charge in [0, 0.05) is 36.6 Å². The number of likely N-dealkylation sites (tertiary alicyclic amines) is 1. The molecule has 0 aliphatic carbocycles. The van der Waals surface area contributed by atoms with Crippen LogP contribution in [-0.4, -0.2) is 58.1 Å². The van der Waals surface area contributed by atoms with Crippen LogP contribution in [0.3, 0.4) is 0 Å². The minimum absolute atomic E-state index is 0.273. The molecular formula is C23H26F2N6O. The fourth-order valence-corrected chi connectivity index (χ4v) is 4.26. The highest BCUT2D eigenvalue weighted by molar-refractivity contribution is 5.63. The number of ether oxygens (including phenoxy) is 1. The quantitative estimate of drug-likeness (QED) is 0.607. The van der Waals surface area contributed by atoms with Crippen LogP contribution in [0.4, 0.5) is 26.1 Å². The Labute approximate surface area is 185 Å². The van der Waals surface area contributed by atoms with Crippen LogP contribution >= 0.6 is 0 Å². The average Bonchev–Trinajstić information content (AvgIpc) is 3.15. The molecule has 2 saturated heterocycles. The van der Waals surface area contributed by atoms with Gasteiger partial charge in [-0.15, -0.1) is 5.10 Å². The van der Waals surface area contributed by atoms with E-state index in [1.54, 1.807) is 0 Å². The lowest BCUT2D eigenvalue weighted by Gasteiger charge is -2.41. The van der Waals surface area contributed by atoms with Gasteiger partial charge >= 0.3 is 0 Å². The predicted octanol–water partition coefficient (Wildman–Crippen LogP) is 3.87. The summed E-state index contributed by atoms with van der Waals surface area (Å²) < 4.78 is 33.6. The molecule has 0 bridgehead atoms. The fourth-order valence-electron chi connectivity index (χ4n) is 4.26. The summed E-state index contributed by atoms with van der Waals surface area (Å²) in [6, 6.07) is 10.4. The van der Waals surface area contributed by atoms with Gasteiger partial charge < -0.3 is 15.4 Å². The summed E-state index contributed by atoms with van der Waals surface area (Å²) in [7, 11) is 0. The van der Waals surface area contributed by atoms with Crippen molar-refractivity contribution in [2.24, 2.45) is 0 Å². The summed E-state index contributed by atoms with van der Waals surface area (Å²) in [5, 5.41) is 11.1. The molecule has 2 fully saturated rings. The minimum Gasteiger partial charge on any atom is -0.382 e. The molecule has 9 heteroatoms. The van der Waals surface area contributed by atoms with E-state index in [4.69, 9.17) is 4.74 Å². The summed E-state index contributed by atoms with van der Waals surface area (Å²) in [6.45, 7) is 5.94. The maximum absolute atomic E-state index is 13.5. The van der Waals surface area contributed by atoms with E-state index < -0.39 is 11.6 Å². The van der Waals surface area contributed by atoms with Gasteiger partial charge in [-0.25, -0.2) is 13.5 Å². The molecule has 3 aromatic rings. The number of halogens is 2. The van der Waals surface area contributed by atoms with Crippen molar-refractivity contribution >= 4 is 17.3 Å². The minimum atomic E-state index is -0.661. The molecule has 3 heterocycles. The number of nitrogens with zero attached hydrogens (tertiary/aromatic N) is 4. The van der Waals surface area contributed by atoms with Crippen molar-refractivity contribution in [3.05, 3.63) is 59.9 Å². The van der Waals surface area contributed by atoms with Gasteiger partial charge in [0.25, 0.3) is 0 Å². The first kappa shape index (κ1) is 20.8. The van der Waals surface area contributed by atoms with Crippen LogP contribution in [0.25, 0.3) is 5.69 Å². The molecule has 0 saturated carbocycles. The molecule has 2 N–H and O–H groups in total. The second kappa shape index (κ2) is 8.84. The monoisotopic (exact) mass is 440 g/mol. The molecule has 7 nitrogen and oxygen atoms in total. The van der Waals surface area contributed by atoms with E-state index in [-0.39, 0.29) is 5.69 Å². The first-order valence-corrected chi connectivity index (χ1v) is 10.9. The maximum atomic E-state index is 13.5. The molecule has 0 unspecified atom stereocenters. The Morgan fingerprint density at radius 1 is 0.969 bits per heavy atom. The Morgan fingerprint density at radius 3 is 2.38 bits per heavy atom. The molecule has 2 aromatic carbocycles. The van der Waals surface area contributed by atoms with E-state index >= 15 is 0 Å². The van der Waals surface area contributed by atoms with Crippen LogP contribution in [-0.2, 0) is 4.74 Å². The van der Waals surface area contributed by atoms with E-state index in [0.29, 0.717) is 18.0 Å². The number of anilines is 3. The summed E-state index contributed by atoms with van der Waals surface area (Å²) in [5.74, 6) is -0.972. The molecule has 1 aromatic heterocycles. The molecule has 2 aliphatic rings. The summed E-state index contributed by atoms with van der Waals surface area (Å²) >= 11 is 0. The third-order valence-corrected chi connectivity index (χ3v) is 5.97. The fraction of sp³-hybridized carbons (Fsp3) is 0.391. The first-order valence-electron chi connectivity index (χ1n) is 10.9. The predicted molar refractivity (Wildman–Crippen MR) is 119 cm³/mol. The van der Waals surface area contributed by atoms with Crippen molar-refractivity contribution in [3.63, 3.8) is 0 Å². The van der Waals surface area contributed by atoms with Gasteiger partial charge in [0.1, 0.15) is 18.0 Å². The van der Waals surface area contributed by atoms with Crippen molar-refractivity contribution in [1.82, 2.24) is 19.7 Å². The number of rotatable bonds is 6. The van der Waals surface area contributed by atoms with E-state index in [0.717, 1.165) is 62.1 Å². The van der Waals surface area contributed by atoms with Crippen molar-refractivity contribution in [1.29, 1.82) is 0 Å². The van der Waals surface area contributed by atoms with Gasteiger partial charge in [0.15, 0.2) is 0 Å². The van der Waals surface area contributed by atoms with E-state index in [1.165, 1.54) is 23.1 Å². The van der Waals surface area contributed by atoms with Crippen LogP contribution < -0.4 is 10.6 Å². The SMILES string of the molecule is Cc1cc(Nc2ncn(-c3cc(F)cc(F)c3)n2)cc(NC2CCN(C3COC3)CC2)c1. The number of nitrogens with one attached hydrogen (secondary N) is 2. The standard InChI is InChI=1S/C23H26F2N6O/c1-15-6-19(27-18-2-4-30(5-3-18)22-12-32-13-22)11-20(7-15)28-23-26-14-31(29-23)21-9-16(24)8-17(25)10-21/h6-11,14,18,22,27H,2-5,12-13H2,1H3,(H,28,29). The van der Waals surface area contributed by atoms with Crippen LogP contribution in [0.2, 0.25) is 0 Å². The lowest BCUT2D eigenvalue weighted by molar-refractivity contribution is -0.0705. The van der Waals surface area contributed by atoms with Crippen molar-refractivity contribution in [3.8, 4) is 5.69 Å². The third-order valence-electron chi connectivity index (χ3n) is 5.97. The van der Waals surface area contributed by atoms with Gasteiger partial charge in [-0.3, -0.25) is 4.90 Å². The van der Waals surface area contributed by atoms with Crippen LogP contribution in [0.5, 0.6) is 0 Å². The van der Waals surface area contributed by atoms with Crippen molar-refractivity contribution in [2.75, 3.05) is 36.9 Å². The average molecular weight is 440 g/mol. The van der Waals surface area contributed by atoms with Crippen LogP contribution in [0.1, 0.15) is 18.4 Å². The highest BCUT2D eigenvalue weighted by Gasteiger charge is 2.29. The molecule has 0 amide bonds. The molecular weight excluding hydrogens is 414 g/mol. The highest BCUT2D eigenvalue weighted by atomic mass is 19.1. The molecule has 5 rings (SSSR count). The zero-order valence-corrected chi connectivity index (χ0v) is 17.9. The zero-order chi connectivity index (χ0) is 22.1. The van der Waals surface area contributed by atoms with Gasteiger partial charge in [0.05, 0.1) is 24.9 Å². The Bertz CT molecular complexity index is 1070. The number of aromatic nitrogens is 3. The number of hydrogen-bond acceptors (Lipinski definition) is 6. The largest absolute Gasteiger partial charge is 0.382 e. The van der Waals surface area contributed by atoms with Crippen LogP contribution in [0.15, 0.2) is 42.7 Å². The topological polar surface area (TPSA) is 67.2 Å². The molecule has 168 valence electrons. The highest BCUT2D eigenvalue weighted by Crippen LogP contribution is 2.25. The molecule has 0 spiro atoms. The van der Waals surface area contributed by atoms with E-state index in [9.17, 15) is 8.78 Å². The summed E-state index contributed by atoms with van der Waals surface area (Å²) in [6.07, 6.45) is 3.62. The number of benzene rings is 2. The Morgan fingerprint density at radius 2 is 1.69 bits per heavy atom. The number of aryl methyl sites for hydroxylation is 1. The van der Waals surface area contributed by atoms with Crippen LogP contribution in [0, 0.1) is 18.6 Å². The lowest BCUT2D eigenvalue weighted by atomic mass is 10.0. The molecule has 32 heavy (non-hydrogen) atoms. The van der Waals surface area contributed by atoms with Gasteiger partial charge in [0.2, 0.25) is 5.95 Å². The van der Waals surface area contributed by atoms with E-state index in [1.807, 2.05) is 19.1 Å². The summed E-state index contributed by atoms with van der Waals surface area (Å²) in [4.78, 5) is 6.75. The van der Waals surface area contributed by atoms with E-state index in [2.05, 4.69) is 31.7 Å². The van der Waals surface area contributed by atoms with Gasteiger partial charge in [-0.2, -0.15) is 4.98 Å². The maximum Gasteiger partial charge on any atom is 0.246 e. The second-order valence-electron chi connectivity index (χ2n) is 8.50. The number of hydrogen-bond donors (Lipinski definition) is 2. The first-order chi connectivity index (χ1) is 15.5. The second-order valence-corrected chi connectivity index (χ2v) is 8.50.